The summed E-state index contributed by atoms with van der Waals surface area (Å²) < 4.78 is 5.41. The lowest BCUT2D eigenvalue weighted by atomic mass is 9.85. The first-order chi connectivity index (χ1) is 6.37. The molecule has 1 aliphatic rings. The molecule has 0 heterocycles. The topological polar surface area (TPSA) is 26.3 Å². The van der Waals surface area contributed by atoms with Gasteiger partial charge in [0.15, 0.2) is 0 Å². The highest BCUT2D eigenvalue weighted by Gasteiger charge is 2.44. The quantitative estimate of drug-likeness (QED) is 0.501. The Morgan fingerprint density at radius 2 is 2.07 bits per heavy atom. The van der Waals surface area contributed by atoms with Gasteiger partial charge in [0.25, 0.3) is 0 Å². The minimum absolute atomic E-state index is 0.179. The summed E-state index contributed by atoms with van der Waals surface area (Å²) in [6.07, 6.45) is 2.03. The number of ether oxygens (including phenoxy) is 1. The highest BCUT2D eigenvalue weighted by atomic mass is 16.6. The molecule has 2 heteroatoms. The van der Waals surface area contributed by atoms with Crippen LogP contribution in [0.1, 0.15) is 40.5 Å². The van der Waals surface area contributed by atoms with Crippen LogP contribution in [-0.4, -0.2) is 11.6 Å². The van der Waals surface area contributed by atoms with Gasteiger partial charge in [-0.05, 0) is 32.6 Å². The number of carbonyl (C=O) groups is 1. The maximum absolute atomic E-state index is 11.0. The molecule has 14 heavy (non-hydrogen) atoms. The van der Waals surface area contributed by atoms with Crippen molar-refractivity contribution in [3.63, 3.8) is 0 Å². The normalized spacial score (nSPS) is 36.9. The summed E-state index contributed by atoms with van der Waals surface area (Å²) in [7, 11) is 0. The van der Waals surface area contributed by atoms with E-state index >= 15 is 0 Å². The Hall–Kier alpha value is -0.790. The van der Waals surface area contributed by atoms with E-state index in [-0.39, 0.29) is 11.6 Å². The van der Waals surface area contributed by atoms with Crippen LogP contribution in [0.2, 0.25) is 0 Å². The molecule has 1 saturated carbocycles. The molecule has 0 aromatic carbocycles. The van der Waals surface area contributed by atoms with E-state index in [4.69, 9.17) is 4.74 Å². The zero-order valence-corrected chi connectivity index (χ0v) is 9.59. The zero-order chi connectivity index (χ0) is 10.9. The molecule has 0 radical (unpaired) electrons. The van der Waals surface area contributed by atoms with Gasteiger partial charge >= 0.3 is 5.97 Å². The summed E-state index contributed by atoms with van der Waals surface area (Å²) >= 11 is 0. The van der Waals surface area contributed by atoms with Crippen LogP contribution < -0.4 is 0 Å². The van der Waals surface area contributed by atoms with Crippen molar-refractivity contribution >= 4 is 5.97 Å². The monoisotopic (exact) mass is 196 g/mol. The lowest BCUT2D eigenvalue weighted by molar-refractivity contribution is -0.158. The summed E-state index contributed by atoms with van der Waals surface area (Å²) in [6.45, 7) is 11.7. The summed E-state index contributed by atoms with van der Waals surface area (Å²) in [5, 5.41) is 0. The second kappa shape index (κ2) is 3.76. The number of hydrogen-bond donors (Lipinski definition) is 0. The molecule has 80 valence electrons. The average Bonchev–Trinajstić information content (AvgIpc) is 2.27. The molecule has 2 nitrogen and oxygen atoms in total. The van der Waals surface area contributed by atoms with Crippen molar-refractivity contribution < 1.29 is 9.53 Å². The van der Waals surface area contributed by atoms with Gasteiger partial charge in [0.1, 0.15) is 5.60 Å². The Kier molecular flexibility index (Phi) is 3.03. The predicted octanol–water partition coefficient (Wildman–Crippen LogP) is 2.93. The van der Waals surface area contributed by atoms with E-state index in [1.54, 1.807) is 0 Å². The van der Waals surface area contributed by atoms with Crippen molar-refractivity contribution in [1.82, 2.24) is 0 Å². The Balaban J connectivity index is 2.75. The van der Waals surface area contributed by atoms with Crippen molar-refractivity contribution in [1.29, 1.82) is 0 Å². The minimum atomic E-state index is -0.282. The lowest BCUT2D eigenvalue weighted by Crippen LogP contribution is -2.35. The highest BCUT2D eigenvalue weighted by molar-refractivity contribution is 5.66. The second-order valence-corrected chi connectivity index (χ2v) is 4.69. The zero-order valence-electron chi connectivity index (χ0n) is 9.59. The predicted molar refractivity (Wildman–Crippen MR) is 56.9 cm³/mol. The van der Waals surface area contributed by atoms with Gasteiger partial charge in [-0.3, -0.25) is 4.79 Å². The molecule has 0 aromatic heterocycles. The standard InChI is InChI=1S/C12H20O2/c1-8(2)11-6-7-12(5,9(11)3)14-10(4)13/h9,11H,1,6-7H2,2-5H3/t9-,11-,12-/m1/s1. The first-order valence-corrected chi connectivity index (χ1v) is 5.22. The van der Waals surface area contributed by atoms with Gasteiger partial charge in [-0.25, -0.2) is 0 Å². The number of allylic oxidation sites excluding steroid dienone is 1. The highest BCUT2D eigenvalue weighted by Crippen LogP contribution is 2.45. The third-order valence-electron chi connectivity index (χ3n) is 3.53. The average molecular weight is 196 g/mol. The van der Waals surface area contributed by atoms with Crippen LogP contribution in [0.4, 0.5) is 0 Å². The molecule has 0 bridgehead atoms. The summed E-state index contributed by atoms with van der Waals surface area (Å²) in [4.78, 5) is 11.0. The molecule has 1 fully saturated rings. The van der Waals surface area contributed by atoms with Crippen LogP contribution in [0.5, 0.6) is 0 Å². The molecule has 0 amide bonds. The van der Waals surface area contributed by atoms with Crippen LogP contribution in [0.15, 0.2) is 12.2 Å². The van der Waals surface area contributed by atoms with E-state index in [9.17, 15) is 4.79 Å². The van der Waals surface area contributed by atoms with Gasteiger partial charge in [0.05, 0.1) is 0 Å². The lowest BCUT2D eigenvalue weighted by Gasteiger charge is -2.31. The van der Waals surface area contributed by atoms with Crippen LogP contribution >= 0.6 is 0 Å². The van der Waals surface area contributed by atoms with E-state index in [1.165, 1.54) is 12.5 Å². The Labute approximate surface area is 86.3 Å². The van der Waals surface area contributed by atoms with Crippen molar-refractivity contribution in [2.45, 2.75) is 46.1 Å². The van der Waals surface area contributed by atoms with Crippen molar-refractivity contribution in [2.24, 2.45) is 11.8 Å². The summed E-state index contributed by atoms with van der Waals surface area (Å²) in [5.41, 5.74) is 0.920. The second-order valence-electron chi connectivity index (χ2n) is 4.69. The Bertz CT molecular complexity index is 257. The Morgan fingerprint density at radius 1 is 1.50 bits per heavy atom. The van der Waals surface area contributed by atoms with Crippen molar-refractivity contribution in [2.75, 3.05) is 0 Å². The molecule has 0 N–H and O–H groups in total. The maximum atomic E-state index is 11.0. The van der Waals surface area contributed by atoms with Gasteiger partial charge in [0, 0.05) is 12.8 Å². The molecule has 3 atom stereocenters. The number of hydrogen-bond acceptors (Lipinski definition) is 2. The fraction of sp³-hybridized carbons (Fsp3) is 0.750. The number of carbonyl (C=O) groups excluding carboxylic acids is 1. The molecule has 0 spiro atoms. The summed E-state index contributed by atoms with van der Waals surface area (Å²) in [5.74, 6) is 0.699. The van der Waals surface area contributed by atoms with Crippen LogP contribution in [0.3, 0.4) is 0 Å². The maximum Gasteiger partial charge on any atom is 0.303 e. The fourth-order valence-corrected chi connectivity index (χ4v) is 2.49. The number of esters is 1. The Morgan fingerprint density at radius 3 is 2.43 bits per heavy atom. The molecule has 0 aromatic rings. The van der Waals surface area contributed by atoms with E-state index in [0.717, 1.165) is 12.8 Å². The molecular formula is C12H20O2. The van der Waals surface area contributed by atoms with Crippen LogP contribution in [0.25, 0.3) is 0 Å². The number of rotatable bonds is 2. The third kappa shape index (κ3) is 1.99. The molecule has 0 saturated heterocycles. The van der Waals surface area contributed by atoms with Crippen molar-refractivity contribution in [3.05, 3.63) is 12.2 Å². The fourth-order valence-electron chi connectivity index (χ4n) is 2.49. The van der Waals surface area contributed by atoms with Crippen molar-refractivity contribution in [3.8, 4) is 0 Å². The molecule has 0 unspecified atom stereocenters. The minimum Gasteiger partial charge on any atom is -0.459 e. The smallest absolute Gasteiger partial charge is 0.303 e. The van der Waals surface area contributed by atoms with Gasteiger partial charge in [0.2, 0.25) is 0 Å². The van der Waals surface area contributed by atoms with Crippen LogP contribution in [-0.2, 0) is 9.53 Å². The van der Waals surface area contributed by atoms with Gasteiger partial charge < -0.3 is 4.74 Å². The van der Waals surface area contributed by atoms with E-state index in [0.29, 0.717) is 11.8 Å². The van der Waals surface area contributed by atoms with E-state index < -0.39 is 0 Å². The SMILES string of the molecule is C=C(C)[C@H]1CC[C@@](C)(OC(C)=O)[C@@H]1C. The largest absolute Gasteiger partial charge is 0.459 e. The van der Waals surface area contributed by atoms with Gasteiger partial charge in [-0.1, -0.05) is 19.1 Å². The summed E-state index contributed by atoms with van der Waals surface area (Å²) in [6, 6.07) is 0. The molecular weight excluding hydrogens is 176 g/mol. The molecule has 1 rings (SSSR count). The first kappa shape index (κ1) is 11.3. The third-order valence-corrected chi connectivity index (χ3v) is 3.53. The van der Waals surface area contributed by atoms with E-state index in [1.807, 2.05) is 6.92 Å². The van der Waals surface area contributed by atoms with Gasteiger partial charge in [-0.2, -0.15) is 0 Å². The van der Waals surface area contributed by atoms with Gasteiger partial charge in [-0.15, -0.1) is 0 Å². The van der Waals surface area contributed by atoms with E-state index in [2.05, 4.69) is 20.4 Å². The molecule has 1 aliphatic carbocycles. The first-order valence-electron chi connectivity index (χ1n) is 5.22. The molecule has 0 aliphatic heterocycles. The van der Waals surface area contributed by atoms with Crippen LogP contribution in [0, 0.1) is 11.8 Å².